The molecule has 0 aromatic carbocycles. The fraction of sp³-hybridized carbons (Fsp3) is 0.500. The topological polar surface area (TPSA) is 66.0 Å². The maximum atomic E-state index is 7.62. The number of nitrogens with zero attached hydrogens (tertiary/aromatic N) is 2. The van der Waals surface area contributed by atoms with Gasteiger partial charge in [-0.25, -0.2) is 0 Å². The van der Waals surface area contributed by atoms with E-state index in [1.165, 1.54) is 0 Å². The van der Waals surface area contributed by atoms with Gasteiger partial charge in [-0.15, -0.1) is 0 Å². The number of aromatic nitrogens is 1. The minimum Gasteiger partial charge on any atom is -0.384 e. The highest BCUT2D eigenvalue weighted by atomic mass is 15.1. The number of amidine groups is 1. The molecule has 4 nitrogen and oxygen atoms in total. The lowest BCUT2D eigenvalue weighted by Gasteiger charge is -2.23. The van der Waals surface area contributed by atoms with E-state index in [4.69, 9.17) is 11.1 Å². The number of nitrogens with two attached hydrogens (primary N) is 1. The number of nitrogen functional groups attached to an aromatic ring is 1. The molecule has 0 unspecified atom stereocenters. The third-order valence-electron chi connectivity index (χ3n) is 2.55. The molecule has 1 aromatic rings. The van der Waals surface area contributed by atoms with E-state index < -0.39 is 0 Å². The Morgan fingerprint density at radius 2 is 2.12 bits per heavy atom. The molecule has 0 aliphatic carbocycles. The van der Waals surface area contributed by atoms with Gasteiger partial charge in [-0.1, -0.05) is 6.92 Å². The molecule has 0 saturated heterocycles. The van der Waals surface area contributed by atoms with Gasteiger partial charge in [0.2, 0.25) is 0 Å². The minimum absolute atomic E-state index is 0.0861. The molecule has 0 atom stereocenters. The second-order valence-electron chi connectivity index (χ2n) is 4.08. The lowest BCUT2D eigenvalue weighted by atomic mass is 10.1. The highest BCUT2D eigenvalue weighted by molar-refractivity contribution is 6.01. The van der Waals surface area contributed by atoms with Gasteiger partial charge in [-0.3, -0.25) is 10.4 Å². The second kappa shape index (κ2) is 4.96. The molecule has 0 saturated carbocycles. The summed E-state index contributed by atoms with van der Waals surface area (Å²) in [6, 6.07) is 1.99. The van der Waals surface area contributed by atoms with Crippen LogP contribution in [0.15, 0.2) is 6.07 Å². The smallest absolute Gasteiger partial charge is 0.126 e. The zero-order valence-electron chi connectivity index (χ0n) is 10.5. The SMILES string of the molecule is CCCN(C)c1cc(C)nc(C)c1C(=N)N. The van der Waals surface area contributed by atoms with Crippen molar-refractivity contribution in [2.24, 2.45) is 5.73 Å². The normalized spacial score (nSPS) is 10.2. The molecular weight excluding hydrogens is 200 g/mol. The zero-order valence-corrected chi connectivity index (χ0v) is 10.5. The van der Waals surface area contributed by atoms with E-state index in [-0.39, 0.29) is 5.84 Å². The van der Waals surface area contributed by atoms with Gasteiger partial charge < -0.3 is 10.6 Å². The molecule has 0 spiro atoms. The van der Waals surface area contributed by atoms with E-state index in [0.29, 0.717) is 0 Å². The van der Waals surface area contributed by atoms with Crippen LogP contribution in [0.5, 0.6) is 0 Å². The van der Waals surface area contributed by atoms with Crippen molar-refractivity contribution in [3.63, 3.8) is 0 Å². The van der Waals surface area contributed by atoms with Crippen molar-refractivity contribution in [3.8, 4) is 0 Å². The number of hydrogen-bond acceptors (Lipinski definition) is 3. The highest BCUT2D eigenvalue weighted by Gasteiger charge is 2.13. The molecule has 1 rings (SSSR count). The van der Waals surface area contributed by atoms with Gasteiger partial charge in [-0.05, 0) is 26.3 Å². The van der Waals surface area contributed by atoms with Gasteiger partial charge in [0.1, 0.15) is 5.84 Å². The van der Waals surface area contributed by atoms with Crippen molar-refractivity contribution in [1.82, 2.24) is 4.98 Å². The van der Waals surface area contributed by atoms with E-state index in [1.807, 2.05) is 27.0 Å². The average Bonchev–Trinajstić information content (AvgIpc) is 2.15. The van der Waals surface area contributed by atoms with Crippen LogP contribution in [0.1, 0.15) is 30.3 Å². The molecule has 0 amide bonds. The van der Waals surface area contributed by atoms with Gasteiger partial charge in [0.05, 0.1) is 16.9 Å². The van der Waals surface area contributed by atoms with Crippen molar-refractivity contribution < 1.29 is 0 Å². The van der Waals surface area contributed by atoms with Crippen LogP contribution < -0.4 is 10.6 Å². The Morgan fingerprint density at radius 1 is 1.50 bits per heavy atom. The number of aryl methyl sites for hydroxylation is 2. The first-order valence-corrected chi connectivity index (χ1v) is 5.51. The first kappa shape index (κ1) is 12.5. The van der Waals surface area contributed by atoms with Gasteiger partial charge in [-0.2, -0.15) is 0 Å². The van der Waals surface area contributed by atoms with E-state index in [1.54, 1.807) is 0 Å². The molecule has 1 heterocycles. The lowest BCUT2D eigenvalue weighted by Crippen LogP contribution is -2.24. The fourth-order valence-electron chi connectivity index (χ4n) is 1.90. The number of anilines is 1. The molecule has 0 radical (unpaired) electrons. The minimum atomic E-state index is 0.0861. The quantitative estimate of drug-likeness (QED) is 0.601. The lowest BCUT2D eigenvalue weighted by molar-refractivity contribution is 0.847. The largest absolute Gasteiger partial charge is 0.384 e. The molecular formula is C12H20N4. The van der Waals surface area contributed by atoms with Crippen LogP contribution in [0.2, 0.25) is 0 Å². The van der Waals surface area contributed by atoms with E-state index in [0.717, 1.165) is 35.6 Å². The van der Waals surface area contributed by atoms with Crippen LogP contribution in [0.4, 0.5) is 5.69 Å². The highest BCUT2D eigenvalue weighted by Crippen LogP contribution is 2.22. The first-order chi connectivity index (χ1) is 7.47. The molecule has 3 N–H and O–H groups in total. The third kappa shape index (κ3) is 2.51. The van der Waals surface area contributed by atoms with Gasteiger partial charge >= 0.3 is 0 Å². The number of hydrogen-bond donors (Lipinski definition) is 2. The van der Waals surface area contributed by atoms with Gasteiger partial charge in [0.15, 0.2) is 0 Å². The Bertz CT molecular complexity index is 398. The van der Waals surface area contributed by atoms with Gasteiger partial charge in [0, 0.05) is 19.3 Å². The fourth-order valence-corrected chi connectivity index (χ4v) is 1.90. The van der Waals surface area contributed by atoms with Crippen LogP contribution in [0.25, 0.3) is 0 Å². The summed E-state index contributed by atoms with van der Waals surface area (Å²) in [5.41, 5.74) is 9.15. The maximum Gasteiger partial charge on any atom is 0.126 e. The molecule has 0 bridgehead atoms. The summed E-state index contributed by atoms with van der Waals surface area (Å²) >= 11 is 0. The van der Waals surface area contributed by atoms with Crippen molar-refractivity contribution >= 4 is 11.5 Å². The van der Waals surface area contributed by atoms with Crippen molar-refractivity contribution in [1.29, 1.82) is 5.41 Å². The number of pyridine rings is 1. The Morgan fingerprint density at radius 3 is 2.62 bits per heavy atom. The van der Waals surface area contributed by atoms with Gasteiger partial charge in [0.25, 0.3) is 0 Å². The van der Waals surface area contributed by atoms with Crippen LogP contribution in [0.3, 0.4) is 0 Å². The molecule has 0 aliphatic heterocycles. The Hall–Kier alpha value is -1.58. The van der Waals surface area contributed by atoms with Crippen LogP contribution in [-0.4, -0.2) is 24.4 Å². The summed E-state index contributed by atoms with van der Waals surface area (Å²) in [4.78, 5) is 6.47. The van der Waals surface area contributed by atoms with E-state index >= 15 is 0 Å². The van der Waals surface area contributed by atoms with Crippen molar-refractivity contribution in [3.05, 3.63) is 23.0 Å². The summed E-state index contributed by atoms with van der Waals surface area (Å²) in [5.74, 6) is 0.0861. The van der Waals surface area contributed by atoms with E-state index in [2.05, 4.69) is 16.8 Å². The predicted molar refractivity (Wildman–Crippen MR) is 68.3 cm³/mol. The van der Waals surface area contributed by atoms with Crippen molar-refractivity contribution in [2.75, 3.05) is 18.5 Å². The maximum absolute atomic E-state index is 7.62. The number of rotatable bonds is 4. The molecule has 1 aromatic heterocycles. The molecule has 0 aliphatic rings. The van der Waals surface area contributed by atoms with Crippen LogP contribution >= 0.6 is 0 Å². The summed E-state index contributed by atoms with van der Waals surface area (Å²) in [6.07, 6.45) is 1.06. The second-order valence-corrected chi connectivity index (χ2v) is 4.08. The molecule has 88 valence electrons. The van der Waals surface area contributed by atoms with Crippen LogP contribution in [0, 0.1) is 19.3 Å². The first-order valence-electron chi connectivity index (χ1n) is 5.51. The standard InChI is InChI=1S/C12H20N4/c1-5-6-16(4)10-7-8(2)15-9(3)11(10)12(13)14/h7H,5-6H2,1-4H3,(H3,13,14). The Balaban J connectivity index is 3.29. The van der Waals surface area contributed by atoms with Crippen LogP contribution in [-0.2, 0) is 0 Å². The third-order valence-corrected chi connectivity index (χ3v) is 2.55. The molecule has 0 fully saturated rings. The average molecular weight is 220 g/mol. The summed E-state index contributed by atoms with van der Waals surface area (Å²) < 4.78 is 0. The summed E-state index contributed by atoms with van der Waals surface area (Å²) in [5, 5.41) is 7.62. The summed E-state index contributed by atoms with van der Waals surface area (Å²) in [6.45, 7) is 6.93. The van der Waals surface area contributed by atoms with Crippen molar-refractivity contribution in [2.45, 2.75) is 27.2 Å². The Kier molecular flexibility index (Phi) is 3.88. The summed E-state index contributed by atoms with van der Waals surface area (Å²) in [7, 11) is 2.02. The monoisotopic (exact) mass is 220 g/mol. The molecule has 4 heteroatoms. The zero-order chi connectivity index (χ0) is 12.3. The van der Waals surface area contributed by atoms with E-state index in [9.17, 15) is 0 Å². The molecule has 16 heavy (non-hydrogen) atoms. The Labute approximate surface area is 97.0 Å². The number of nitrogens with one attached hydrogen (secondary N) is 1. The predicted octanol–water partition coefficient (Wildman–Crippen LogP) is 1.83.